The number of hydrogen-bond acceptors (Lipinski definition) is 2. The van der Waals surface area contributed by atoms with Gasteiger partial charge >= 0.3 is 0 Å². The zero-order valence-corrected chi connectivity index (χ0v) is 11.8. The monoisotopic (exact) mass is 257 g/mol. The number of aliphatic hydroxyl groups excluding tert-OH is 1. The van der Waals surface area contributed by atoms with Crippen LogP contribution in [0.25, 0.3) is 10.8 Å². The minimum absolute atomic E-state index is 0.144. The van der Waals surface area contributed by atoms with E-state index in [0.717, 1.165) is 19.5 Å². The average Bonchev–Trinajstić information content (AvgIpc) is 2.38. The van der Waals surface area contributed by atoms with Gasteiger partial charge in [0, 0.05) is 19.7 Å². The molecular weight excluding hydrogens is 234 g/mol. The van der Waals surface area contributed by atoms with Crippen molar-refractivity contribution < 1.29 is 5.11 Å². The van der Waals surface area contributed by atoms with Crippen molar-refractivity contribution in [3.63, 3.8) is 0 Å². The summed E-state index contributed by atoms with van der Waals surface area (Å²) in [5, 5.41) is 15.1. The van der Waals surface area contributed by atoms with Crippen molar-refractivity contribution in [3.8, 4) is 0 Å². The minimum atomic E-state index is 0.144. The molecule has 0 aliphatic carbocycles. The number of benzene rings is 2. The molecule has 2 rings (SSSR count). The van der Waals surface area contributed by atoms with Gasteiger partial charge in [0.15, 0.2) is 0 Å². The van der Waals surface area contributed by atoms with Gasteiger partial charge in [-0.25, -0.2) is 0 Å². The maximum atomic E-state index is 9.01. The predicted molar refractivity (Wildman–Crippen MR) is 81.1 cm³/mol. The summed E-state index contributed by atoms with van der Waals surface area (Å²) in [6, 6.07) is 15.0. The zero-order valence-electron chi connectivity index (χ0n) is 11.8. The Morgan fingerprint density at radius 3 is 2.53 bits per heavy atom. The highest BCUT2D eigenvalue weighted by atomic mass is 16.3. The zero-order chi connectivity index (χ0) is 13.7. The molecule has 2 aromatic rings. The van der Waals surface area contributed by atoms with Crippen molar-refractivity contribution in [2.24, 2.45) is 5.41 Å². The quantitative estimate of drug-likeness (QED) is 0.832. The molecule has 0 aliphatic rings. The molecule has 0 saturated carbocycles. The Morgan fingerprint density at radius 1 is 1.05 bits per heavy atom. The maximum absolute atomic E-state index is 9.01. The molecule has 0 aliphatic heterocycles. The van der Waals surface area contributed by atoms with Gasteiger partial charge in [-0.1, -0.05) is 50.2 Å². The lowest BCUT2D eigenvalue weighted by Gasteiger charge is -2.24. The Balaban J connectivity index is 1.95. The van der Waals surface area contributed by atoms with Gasteiger partial charge in [0.2, 0.25) is 0 Å². The van der Waals surface area contributed by atoms with Gasteiger partial charge in [0.05, 0.1) is 0 Å². The normalized spacial score (nSPS) is 11.9. The lowest BCUT2D eigenvalue weighted by atomic mass is 9.90. The highest BCUT2D eigenvalue weighted by Gasteiger charge is 2.16. The summed E-state index contributed by atoms with van der Waals surface area (Å²) >= 11 is 0. The molecule has 0 amide bonds. The van der Waals surface area contributed by atoms with Crippen LogP contribution < -0.4 is 5.32 Å². The van der Waals surface area contributed by atoms with Gasteiger partial charge in [-0.05, 0) is 34.2 Å². The van der Waals surface area contributed by atoms with E-state index < -0.39 is 0 Å². The number of hydrogen-bond donors (Lipinski definition) is 2. The van der Waals surface area contributed by atoms with Crippen LogP contribution in [0.5, 0.6) is 0 Å². The Bertz CT molecular complexity index is 534. The molecule has 0 unspecified atom stereocenters. The van der Waals surface area contributed by atoms with Gasteiger partial charge in [0.1, 0.15) is 0 Å². The molecule has 0 spiro atoms. The van der Waals surface area contributed by atoms with Crippen molar-refractivity contribution in [1.82, 2.24) is 5.32 Å². The van der Waals surface area contributed by atoms with Gasteiger partial charge < -0.3 is 10.4 Å². The summed E-state index contributed by atoms with van der Waals surface area (Å²) in [4.78, 5) is 0. The average molecular weight is 257 g/mol. The van der Waals surface area contributed by atoms with E-state index in [1.54, 1.807) is 0 Å². The van der Waals surface area contributed by atoms with Crippen LogP contribution in [0, 0.1) is 5.41 Å². The maximum Gasteiger partial charge on any atom is 0.0436 e. The van der Waals surface area contributed by atoms with Crippen LogP contribution in [-0.2, 0) is 6.54 Å². The van der Waals surface area contributed by atoms with Gasteiger partial charge in [-0.2, -0.15) is 0 Å². The summed E-state index contributed by atoms with van der Waals surface area (Å²) in [6.07, 6.45) is 0.831. The van der Waals surface area contributed by atoms with Crippen molar-refractivity contribution in [2.75, 3.05) is 13.2 Å². The van der Waals surface area contributed by atoms with E-state index in [4.69, 9.17) is 5.11 Å². The predicted octanol–water partition coefficient (Wildman–Crippen LogP) is 3.34. The van der Waals surface area contributed by atoms with E-state index in [0.29, 0.717) is 0 Å². The van der Waals surface area contributed by atoms with Crippen molar-refractivity contribution >= 4 is 10.8 Å². The van der Waals surface area contributed by atoms with E-state index in [9.17, 15) is 0 Å². The van der Waals surface area contributed by atoms with E-state index in [1.165, 1.54) is 16.3 Å². The van der Waals surface area contributed by atoms with E-state index in [-0.39, 0.29) is 12.0 Å². The fourth-order valence-electron chi connectivity index (χ4n) is 2.29. The molecule has 0 atom stereocenters. The molecule has 0 radical (unpaired) electrons. The number of rotatable bonds is 6. The largest absolute Gasteiger partial charge is 0.396 e. The Hall–Kier alpha value is -1.38. The molecule has 0 bridgehead atoms. The van der Waals surface area contributed by atoms with Gasteiger partial charge in [-0.3, -0.25) is 0 Å². The van der Waals surface area contributed by atoms with E-state index in [2.05, 4.69) is 61.6 Å². The molecule has 19 heavy (non-hydrogen) atoms. The molecule has 2 aromatic carbocycles. The molecular formula is C17H23NO. The molecule has 0 saturated heterocycles. The van der Waals surface area contributed by atoms with Crippen LogP contribution in [0.15, 0.2) is 42.5 Å². The third-order valence-electron chi connectivity index (χ3n) is 3.54. The highest BCUT2D eigenvalue weighted by molar-refractivity contribution is 5.82. The van der Waals surface area contributed by atoms with E-state index in [1.807, 2.05) is 0 Å². The van der Waals surface area contributed by atoms with Crippen LogP contribution in [0.2, 0.25) is 0 Å². The lowest BCUT2D eigenvalue weighted by Crippen LogP contribution is -2.29. The molecule has 0 fully saturated rings. The standard InChI is InChI=1S/C17H23NO/c1-17(2,9-10-19)13-18-12-14-7-8-15-5-3-4-6-16(15)11-14/h3-8,11,18-19H,9-10,12-13H2,1-2H3. The first kappa shape index (κ1) is 14.0. The fraction of sp³-hybridized carbons (Fsp3) is 0.412. The summed E-state index contributed by atoms with van der Waals surface area (Å²) in [7, 11) is 0. The SMILES string of the molecule is CC(C)(CCO)CNCc1ccc2ccccc2c1. The summed E-state index contributed by atoms with van der Waals surface area (Å²) in [5.74, 6) is 0. The molecule has 2 nitrogen and oxygen atoms in total. The van der Waals surface area contributed by atoms with Crippen molar-refractivity contribution in [1.29, 1.82) is 0 Å². The lowest BCUT2D eigenvalue weighted by molar-refractivity contribution is 0.207. The summed E-state index contributed by atoms with van der Waals surface area (Å²) < 4.78 is 0. The summed E-state index contributed by atoms with van der Waals surface area (Å²) in [6.45, 7) is 6.40. The van der Waals surface area contributed by atoms with Crippen LogP contribution >= 0.6 is 0 Å². The van der Waals surface area contributed by atoms with Crippen LogP contribution in [0.4, 0.5) is 0 Å². The van der Waals surface area contributed by atoms with Crippen molar-refractivity contribution in [3.05, 3.63) is 48.0 Å². The second-order valence-corrected chi connectivity index (χ2v) is 5.92. The number of aliphatic hydroxyl groups is 1. The highest BCUT2D eigenvalue weighted by Crippen LogP contribution is 2.19. The third-order valence-corrected chi connectivity index (χ3v) is 3.54. The van der Waals surface area contributed by atoms with Gasteiger partial charge in [-0.15, -0.1) is 0 Å². The van der Waals surface area contributed by atoms with Crippen molar-refractivity contribution in [2.45, 2.75) is 26.8 Å². The topological polar surface area (TPSA) is 32.3 Å². The minimum Gasteiger partial charge on any atom is -0.396 e. The Labute approximate surface area is 115 Å². The second-order valence-electron chi connectivity index (χ2n) is 5.92. The molecule has 2 N–H and O–H groups in total. The second kappa shape index (κ2) is 6.18. The Kier molecular flexibility index (Phi) is 4.56. The van der Waals surface area contributed by atoms with Crippen LogP contribution in [-0.4, -0.2) is 18.3 Å². The summed E-state index contributed by atoms with van der Waals surface area (Å²) in [5.41, 5.74) is 1.45. The fourth-order valence-corrected chi connectivity index (χ4v) is 2.29. The first-order chi connectivity index (χ1) is 9.11. The molecule has 0 aromatic heterocycles. The number of fused-ring (bicyclic) bond motifs is 1. The smallest absolute Gasteiger partial charge is 0.0436 e. The van der Waals surface area contributed by atoms with Crippen LogP contribution in [0.1, 0.15) is 25.8 Å². The molecule has 0 heterocycles. The van der Waals surface area contributed by atoms with Crippen LogP contribution in [0.3, 0.4) is 0 Å². The molecule has 102 valence electrons. The first-order valence-corrected chi connectivity index (χ1v) is 6.90. The molecule has 2 heteroatoms. The third kappa shape index (κ3) is 4.05. The van der Waals surface area contributed by atoms with Gasteiger partial charge in [0.25, 0.3) is 0 Å². The Morgan fingerprint density at radius 2 is 1.79 bits per heavy atom. The van der Waals surface area contributed by atoms with E-state index >= 15 is 0 Å². The number of nitrogens with one attached hydrogen (secondary N) is 1. The first-order valence-electron chi connectivity index (χ1n) is 6.90.